The maximum absolute atomic E-state index is 11.7. The molecule has 0 amide bonds. The predicted octanol–water partition coefficient (Wildman–Crippen LogP) is 2.93. The molecule has 1 aromatic heterocycles. The Hall–Kier alpha value is -2.03. The lowest BCUT2D eigenvalue weighted by atomic mass is 10.2. The molecule has 17 heavy (non-hydrogen) atoms. The molecule has 0 saturated heterocycles. The Morgan fingerprint density at radius 2 is 1.94 bits per heavy atom. The summed E-state index contributed by atoms with van der Waals surface area (Å²) in [6, 6.07) is 13.3. The molecule has 0 aliphatic rings. The molecule has 3 nitrogen and oxygen atoms in total. The van der Waals surface area contributed by atoms with E-state index in [-0.39, 0.29) is 5.97 Å². The number of aryl methyl sites for hydroxylation is 1. The summed E-state index contributed by atoms with van der Waals surface area (Å²) in [4.78, 5) is 14.7. The molecule has 3 heteroatoms. The van der Waals surface area contributed by atoms with E-state index in [2.05, 4.69) is 4.98 Å². The standard InChI is InChI=1S/C14H15NO2/c1-2-12-8-9-13(15-12)14(16)17-10-11-6-4-3-5-7-11/h3-9,15H,2,10H2,1H3. The number of ether oxygens (including phenoxy) is 1. The van der Waals surface area contributed by atoms with Crippen molar-refractivity contribution >= 4 is 5.97 Å². The minimum Gasteiger partial charge on any atom is -0.456 e. The lowest BCUT2D eigenvalue weighted by Crippen LogP contribution is -2.05. The van der Waals surface area contributed by atoms with Crippen LogP contribution in [0.15, 0.2) is 42.5 Å². The van der Waals surface area contributed by atoms with Crippen molar-refractivity contribution in [2.24, 2.45) is 0 Å². The Kier molecular flexibility index (Phi) is 3.60. The fourth-order valence-electron chi connectivity index (χ4n) is 1.57. The van der Waals surface area contributed by atoms with Crippen LogP contribution in [0.1, 0.15) is 28.7 Å². The molecule has 1 N–H and O–H groups in total. The van der Waals surface area contributed by atoms with E-state index in [1.807, 2.05) is 43.3 Å². The van der Waals surface area contributed by atoms with Crippen LogP contribution in [0.4, 0.5) is 0 Å². The van der Waals surface area contributed by atoms with Crippen LogP contribution in [0.3, 0.4) is 0 Å². The number of nitrogens with one attached hydrogen (secondary N) is 1. The molecule has 0 aliphatic carbocycles. The lowest BCUT2D eigenvalue weighted by molar-refractivity contribution is 0.0466. The molecule has 88 valence electrons. The number of rotatable bonds is 4. The Labute approximate surface area is 100 Å². The van der Waals surface area contributed by atoms with Gasteiger partial charge in [0.05, 0.1) is 0 Å². The van der Waals surface area contributed by atoms with Gasteiger partial charge < -0.3 is 9.72 Å². The van der Waals surface area contributed by atoms with E-state index in [0.29, 0.717) is 12.3 Å². The number of aromatic amines is 1. The van der Waals surface area contributed by atoms with Gasteiger partial charge in [0.15, 0.2) is 0 Å². The van der Waals surface area contributed by atoms with E-state index in [0.717, 1.165) is 17.7 Å². The molecule has 0 bridgehead atoms. The molecule has 0 aliphatic heterocycles. The van der Waals surface area contributed by atoms with Crippen molar-refractivity contribution in [2.45, 2.75) is 20.0 Å². The van der Waals surface area contributed by atoms with Crippen LogP contribution < -0.4 is 0 Å². The number of aromatic nitrogens is 1. The largest absolute Gasteiger partial charge is 0.456 e. The third-order valence-electron chi connectivity index (χ3n) is 2.56. The molecule has 0 fully saturated rings. The maximum Gasteiger partial charge on any atom is 0.355 e. The molecular weight excluding hydrogens is 214 g/mol. The molecular formula is C14H15NO2. The quantitative estimate of drug-likeness (QED) is 0.819. The smallest absolute Gasteiger partial charge is 0.355 e. The molecule has 0 saturated carbocycles. The van der Waals surface area contributed by atoms with Crippen LogP contribution in [0.2, 0.25) is 0 Å². The van der Waals surface area contributed by atoms with Crippen molar-refractivity contribution in [1.29, 1.82) is 0 Å². The van der Waals surface area contributed by atoms with Crippen LogP contribution in [-0.4, -0.2) is 11.0 Å². The molecule has 0 radical (unpaired) electrons. The number of H-pyrrole nitrogens is 1. The topological polar surface area (TPSA) is 42.1 Å². The molecule has 0 atom stereocenters. The Balaban J connectivity index is 1.93. The second-order valence-electron chi connectivity index (χ2n) is 3.81. The van der Waals surface area contributed by atoms with Crippen molar-refractivity contribution in [3.05, 3.63) is 59.4 Å². The number of hydrogen-bond acceptors (Lipinski definition) is 2. The third-order valence-corrected chi connectivity index (χ3v) is 2.56. The highest BCUT2D eigenvalue weighted by atomic mass is 16.5. The predicted molar refractivity (Wildman–Crippen MR) is 65.7 cm³/mol. The summed E-state index contributed by atoms with van der Waals surface area (Å²) in [5, 5.41) is 0. The van der Waals surface area contributed by atoms with Gasteiger partial charge in [0, 0.05) is 5.69 Å². The summed E-state index contributed by atoms with van der Waals surface area (Å²) in [5.41, 5.74) is 2.54. The van der Waals surface area contributed by atoms with Crippen molar-refractivity contribution in [1.82, 2.24) is 4.98 Å². The molecule has 2 aromatic rings. The van der Waals surface area contributed by atoms with Gasteiger partial charge in [-0.3, -0.25) is 0 Å². The monoisotopic (exact) mass is 229 g/mol. The van der Waals surface area contributed by atoms with E-state index in [9.17, 15) is 4.79 Å². The van der Waals surface area contributed by atoms with Gasteiger partial charge in [-0.25, -0.2) is 4.79 Å². The van der Waals surface area contributed by atoms with Gasteiger partial charge >= 0.3 is 5.97 Å². The Bertz CT molecular complexity index is 488. The van der Waals surface area contributed by atoms with Crippen molar-refractivity contribution in [2.75, 3.05) is 0 Å². The number of carbonyl (C=O) groups excluding carboxylic acids is 1. The summed E-state index contributed by atoms with van der Waals surface area (Å²) in [6.07, 6.45) is 0.881. The van der Waals surface area contributed by atoms with E-state index in [4.69, 9.17) is 4.74 Å². The normalized spacial score (nSPS) is 10.2. The Morgan fingerprint density at radius 3 is 2.59 bits per heavy atom. The van der Waals surface area contributed by atoms with Crippen LogP contribution in [0.5, 0.6) is 0 Å². The first-order chi connectivity index (χ1) is 8.29. The fourth-order valence-corrected chi connectivity index (χ4v) is 1.57. The summed E-state index contributed by atoms with van der Waals surface area (Å²) >= 11 is 0. The second kappa shape index (κ2) is 5.34. The maximum atomic E-state index is 11.7. The highest BCUT2D eigenvalue weighted by Gasteiger charge is 2.09. The lowest BCUT2D eigenvalue weighted by Gasteiger charge is -2.03. The van der Waals surface area contributed by atoms with Crippen LogP contribution in [0, 0.1) is 0 Å². The average molecular weight is 229 g/mol. The SMILES string of the molecule is CCc1ccc(C(=O)OCc2ccccc2)[nH]1. The molecule has 0 spiro atoms. The number of carbonyl (C=O) groups is 1. The first kappa shape index (κ1) is 11.5. The second-order valence-corrected chi connectivity index (χ2v) is 3.81. The van der Waals surface area contributed by atoms with Crippen LogP contribution in [-0.2, 0) is 17.8 Å². The van der Waals surface area contributed by atoms with Crippen molar-refractivity contribution in [3.8, 4) is 0 Å². The highest BCUT2D eigenvalue weighted by molar-refractivity contribution is 5.87. The van der Waals surface area contributed by atoms with Crippen LogP contribution in [0.25, 0.3) is 0 Å². The van der Waals surface area contributed by atoms with Crippen LogP contribution >= 0.6 is 0 Å². The summed E-state index contributed by atoms with van der Waals surface area (Å²) in [6.45, 7) is 2.34. The first-order valence-corrected chi connectivity index (χ1v) is 5.68. The molecule has 2 rings (SSSR count). The van der Waals surface area contributed by atoms with E-state index in [1.165, 1.54) is 0 Å². The molecule has 1 aromatic carbocycles. The van der Waals surface area contributed by atoms with Gasteiger partial charge in [-0.15, -0.1) is 0 Å². The van der Waals surface area contributed by atoms with E-state index in [1.54, 1.807) is 6.07 Å². The number of benzene rings is 1. The fraction of sp³-hybridized carbons (Fsp3) is 0.214. The summed E-state index contributed by atoms with van der Waals surface area (Å²) < 4.78 is 5.20. The van der Waals surface area contributed by atoms with Crippen molar-refractivity contribution in [3.63, 3.8) is 0 Å². The van der Waals surface area contributed by atoms with Gasteiger partial charge in [0.1, 0.15) is 12.3 Å². The molecule has 0 unspecified atom stereocenters. The Morgan fingerprint density at radius 1 is 1.18 bits per heavy atom. The average Bonchev–Trinajstić information content (AvgIpc) is 2.86. The van der Waals surface area contributed by atoms with Gasteiger partial charge in [-0.2, -0.15) is 0 Å². The van der Waals surface area contributed by atoms with Crippen molar-refractivity contribution < 1.29 is 9.53 Å². The van der Waals surface area contributed by atoms with Gasteiger partial charge in [-0.05, 0) is 24.1 Å². The van der Waals surface area contributed by atoms with Gasteiger partial charge in [0.25, 0.3) is 0 Å². The van der Waals surface area contributed by atoms with E-state index < -0.39 is 0 Å². The van der Waals surface area contributed by atoms with Gasteiger partial charge in [0.2, 0.25) is 0 Å². The number of esters is 1. The third kappa shape index (κ3) is 2.97. The zero-order chi connectivity index (χ0) is 12.1. The number of hydrogen-bond donors (Lipinski definition) is 1. The minimum absolute atomic E-state index is 0.306. The van der Waals surface area contributed by atoms with Gasteiger partial charge in [-0.1, -0.05) is 37.3 Å². The summed E-state index contributed by atoms with van der Waals surface area (Å²) in [5.74, 6) is -0.312. The zero-order valence-corrected chi connectivity index (χ0v) is 9.77. The highest BCUT2D eigenvalue weighted by Crippen LogP contribution is 2.07. The van der Waals surface area contributed by atoms with E-state index >= 15 is 0 Å². The first-order valence-electron chi connectivity index (χ1n) is 5.68. The molecule has 1 heterocycles. The minimum atomic E-state index is -0.312. The summed E-state index contributed by atoms with van der Waals surface area (Å²) in [7, 11) is 0. The zero-order valence-electron chi connectivity index (χ0n) is 9.77.